The highest BCUT2D eigenvalue weighted by Gasteiger charge is 2.18. The number of benzene rings is 1. The van der Waals surface area contributed by atoms with Crippen LogP contribution in [-0.4, -0.2) is 18.8 Å². The van der Waals surface area contributed by atoms with Crippen LogP contribution < -0.4 is 10.1 Å². The van der Waals surface area contributed by atoms with Crippen LogP contribution in [0.2, 0.25) is 0 Å². The van der Waals surface area contributed by atoms with E-state index in [0.717, 1.165) is 15.8 Å². The third-order valence-electron chi connectivity index (χ3n) is 2.41. The van der Waals surface area contributed by atoms with Gasteiger partial charge in [-0.15, -0.1) is 0 Å². The number of nitrogens with one attached hydrogen (secondary N) is 1. The fourth-order valence-electron chi connectivity index (χ4n) is 1.51. The van der Waals surface area contributed by atoms with Crippen molar-refractivity contribution in [3.63, 3.8) is 0 Å². The van der Waals surface area contributed by atoms with E-state index in [1.807, 2.05) is 45.9 Å². The third kappa shape index (κ3) is 5.11. The molecule has 0 aliphatic carbocycles. The molecule has 0 heterocycles. The molecule has 1 aromatic rings. The first-order valence-electron chi connectivity index (χ1n) is 6.06. The molecule has 1 unspecified atom stereocenters. The predicted molar refractivity (Wildman–Crippen MR) is 78.5 cm³/mol. The number of hydrogen-bond donors (Lipinski definition) is 1. The van der Waals surface area contributed by atoms with Gasteiger partial charge in [0.25, 0.3) is 0 Å². The first-order chi connectivity index (χ1) is 8.73. The van der Waals surface area contributed by atoms with Crippen molar-refractivity contribution in [2.75, 3.05) is 7.11 Å². The maximum atomic E-state index is 11.7. The van der Waals surface area contributed by atoms with Gasteiger partial charge >= 0.3 is 6.09 Å². The highest BCUT2D eigenvalue weighted by atomic mass is 79.9. The Balaban J connectivity index is 2.73. The SMILES string of the molecule is COc1cc(C(C)NC(=O)OC(C)(C)C)ccc1Br. The summed E-state index contributed by atoms with van der Waals surface area (Å²) >= 11 is 3.39. The maximum absolute atomic E-state index is 11.7. The number of carbonyl (C=O) groups excluding carboxylic acids is 1. The van der Waals surface area contributed by atoms with E-state index in [2.05, 4.69) is 21.2 Å². The summed E-state index contributed by atoms with van der Waals surface area (Å²) in [5.41, 5.74) is 0.451. The quantitative estimate of drug-likeness (QED) is 0.910. The molecule has 0 aliphatic heterocycles. The molecule has 0 fully saturated rings. The lowest BCUT2D eigenvalue weighted by atomic mass is 10.1. The average Bonchev–Trinajstić information content (AvgIpc) is 2.26. The van der Waals surface area contributed by atoms with E-state index in [1.54, 1.807) is 7.11 Å². The number of alkyl carbamates (subject to hydrolysis) is 1. The average molecular weight is 330 g/mol. The minimum atomic E-state index is -0.499. The van der Waals surface area contributed by atoms with Gasteiger partial charge in [0.05, 0.1) is 17.6 Å². The van der Waals surface area contributed by atoms with Crippen molar-refractivity contribution in [1.82, 2.24) is 5.32 Å². The maximum Gasteiger partial charge on any atom is 0.408 e. The first kappa shape index (κ1) is 15.8. The molecule has 19 heavy (non-hydrogen) atoms. The van der Waals surface area contributed by atoms with Crippen LogP contribution in [0.5, 0.6) is 5.75 Å². The minimum Gasteiger partial charge on any atom is -0.496 e. The van der Waals surface area contributed by atoms with Crippen LogP contribution in [0.3, 0.4) is 0 Å². The Bertz CT molecular complexity index is 454. The lowest BCUT2D eigenvalue weighted by Crippen LogP contribution is -2.34. The second-order valence-electron chi connectivity index (χ2n) is 5.26. The number of carbonyl (C=O) groups is 1. The summed E-state index contributed by atoms with van der Waals surface area (Å²) in [4.78, 5) is 11.7. The molecule has 1 amide bonds. The fourth-order valence-corrected chi connectivity index (χ4v) is 1.92. The summed E-state index contributed by atoms with van der Waals surface area (Å²) in [6, 6.07) is 5.54. The van der Waals surface area contributed by atoms with Crippen molar-refractivity contribution < 1.29 is 14.3 Å². The molecule has 1 aromatic carbocycles. The van der Waals surface area contributed by atoms with Gasteiger partial charge in [-0.1, -0.05) is 6.07 Å². The Morgan fingerprint density at radius 1 is 1.37 bits per heavy atom. The summed E-state index contributed by atoms with van der Waals surface area (Å²) < 4.78 is 11.3. The molecule has 0 aliphatic rings. The zero-order chi connectivity index (χ0) is 14.6. The zero-order valence-electron chi connectivity index (χ0n) is 11.9. The normalized spacial score (nSPS) is 12.7. The molecule has 0 spiro atoms. The minimum absolute atomic E-state index is 0.156. The molecule has 1 rings (SSSR count). The predicted octanol–water partition coefficient (Wildman–Crippen LogP) is 4.04. The fraction of sp³-hybridized carbons (Fsp3) is 0.500. The van der Waals surface area contributed by atoms with Gasteiger partial charge in [-0.2, -0.15) is 0 Å². The van der Waals surface area contributed by atoms with E-state index in [9.17, 15) is 4.79 Å². The van der Waals surface area contributed by atoms with E-state index in [0.29, 0.717) is 0 Å². The standard InChI is InChI=1S/C14H20BrNO3/c1-9(16-13(17)19-14(2,3)4)10-6-7-11(15)12(8-10)18-5/h6-9H,1-5H3,(H,16,17). The van der Waals surface area contributed by atoms with Gasteiger partial charge in [0.15, 0.2) is 0 Å². The number of amides is 1. The van der Waals surface area contributed by atoms with Crippen LogP contribution in [-0.2, 0) is 4.74 Å². The Kier molecular flexibility index (Phi) is 5.23. The Labute approximate surface area is 122 Å². The molecular weight excluding hydrogens is 310 g/mol. The highest BCUT2D eigenvalue weighted by molar-refractivity contribution is 9.10. The molecule has 0 saturated heterocycles. The molecule has 106 valence electrons. The Hall–Kier alpha value is -1.23. The van der Waals surface area contributed by atoms with Crippen LogP contribution in [0.15, 0.2) is 22.7 Å². The molecular formula is C14H20BrNO3. The lowest BCUT2D eigenvalue weighted by molar-refractivity contribution is 0.0508. The van der Waals surface area contributed by atoms with E-state index in [1.165, 1.54) is 0 Å². The van der Waals surface area contributed by atoms with Gasteiger partial charge in [0, 0.05) is 0 Å². The van der Waals surface area contributed by atoms with Crippen molar-refractivity contribution in [3.8, 4) is 5.75 Å². The number of ether oxygens (including phenoxy) is 2. The molecule has 1 N–H and O–H groups in total. The summed E-state index contributed by atoms with van der Waals surface area (Å²) in [5, 5.41) is 2.79. The van der Waals surface area contributed by atoms with Crippen molar-refractivity contribution in [2.24, 2.45) is 0 Å². The van der Waals surface area contributed by atoms with Crippen molar-refractivity contribution in [1.29, 1.82) is 0 Å². The molecule has 0 aromatic heterocycles. The van der Waals surface area contributed by atoms with Gasteiger partial charge < -0.3 is 14.8 Å². The Morgan fingerprint density at radius 2 is 2.00 bits per heavy atom. The number of hydrogen-bond acceptors (Lipinski definition) is 3. The van der Waals surface area contributed by atoms with Gasteiger partial charge in [0.1, 0.15) is 11.4 Å². The van der Waals surface area contributed by atoms with Crippen molar-refractivity contribution in [3.05, 3.63) is 28.2 Å². The summed E-state index contributed by atoms with van der Waals surface area (Å²) in [6.07, 6.45) is -0.429. The van der Waals surface area contributed by atoms with Crippen LogP contribution in [0.4, 0.5) is 4.79 Å². The zero-order valence-corrected chi connectivity index (χ0v) is 13.5. The van der Waals surface area contributed by atoms with Gasteiger partial charge in [-0.05, 0) is 61.3 Å². The van der Waals surface area contributed by atoms with Gasteiger partial charge in [0.2, 0.25) is 0 Å². The molecule has 0 saturated carbocycles. The highest BCUT2D eigenvalue weighted by Crippen LogP contribution is 2.28. The molecule has 0 radical (unpaired) electrons. The first-order valence-corrected chi connectivity index (χ1v) is 6.85. The monoisotopic (exact) mass is 329 g/mol. The van der Waals surface area contributed by atoms with E-state index in [-0.39, 0.29) is 6.04 Å². The number of halogens is 1. The molecule has 1 atom stereocenters. The summed E-state index contributed by atoms with van der Waals surface area (Å²) in [7, 11) is 1.61. The van der Waals surface area contributed by atoms with E-state index >= 15 is 0 Å². The van der Waals surface area contributed by atoms with Crippen LogP contribution in [0.1, 0.15) is 39.3 Å². The van der Waals surface area contributed by atoms with E-state index < -0.39 is 11.7 Å². The van der Waals surface area contributed by atoms with Crippen molar-refractivity contribution in [2.45, 2.75) is 39.3 Å². The van der Waals surface area contributed by atoms with Crippen LogP contribution in [0, 0.1) is 0 Å². The largest absolute Gasteiger partial charge is 0.496 e. The topological polar surface area (TPSA) is 47.6 Å². The number of methoxy groups -OCH3 is 1. The van der Waals surface area contributed by atoms with E-state index in [4.69, 9.17) is 9.47 Å². The van der Waals surface area contributed by atoms with Crippen LogP contribution >= 0.6 is 15.9 Å². The smallest absolute Gasteiger partial charge is 0.408 e. The van der Waals surface area contributed by atoms with Crippen molar-refractivity contribution >= 4 is 22.0 Å². The summed E-state index contributed by atoms with van der Waals surface area (Å²) in [5.74, 6) is 0.732. The second kappa shape index (κ2) is 6.28. The summed E-state index contributed by atoms with van der Waals surface area (Å²) in [6.45, 7) is 7.40. The molecule has 4 nitrogen and oxygen atoms in total. The molecule has 0 bridgehead atoms. The second-order valence-corrected chi connectivity index (χ2v) is 6.12. The lowest BCUT2D eigenvalue weighted by Gasteiger charge is -2.22. The molecule has 5 heteroatoms. The Morgan fingerprint density at radius 3 is 2.53 bits per heavy atom. The van der Waals surface area contributed by atoms with Gasteiger partial charge in [-0.25, -0.2) is 4.79 Å². The van der Waals surface area contributed by atoms with Gasteiger partial charge in [-0.3, -0.25) is 0 Å². The third-order valence-corrected chi connectivity index (χ3v) is 3.06. The van der Waals surface area contributed by atoms with Crippen LogP contribution in [0.25, 0.3) is 0 Å². The number of rotatable bonds is 3.